The van der Waals surface area contributed by atoms with E-state index >= 15 is 0 Å². The Morgan fingerprint density at radius 3 is 2.00 bits per heavy atom. The number of hydrogen-bond acceptors (Lipinski definition) is 1. The van der Waals surface area contributed by atoms with Gasteiger partial charge in [0, 0.05) is 18.1 Å². The highest BCUT2D eigenvalue weighted by Crippen LogP contribution is 2.48. The number of piperidine rings is 2. The molecule has 3 unspecified atom stereocenters. The summed E-state index contributed by atoms with van der Waals surface area (Å²) in [6.07, 6.45) is 4.38. The fourth-order valence-electron chi connectivity index (χ4n) is 3.90. The van der Waals surface area contributed by atoms with Crippen molar-refractivity contribution in [3.63, 3.8) is 0 Å². The van der Waals surface area contributed by atoms with Crippen LogP contribution in [-0.4, -0.2) is 23.0 Å². The van der Waals surface area contributed by atoms with Crippen LogP contribution in [0.5, 0.6) is 0 Å². The van der Waals surface area contributed by atoms with Gasteiger partial charge in [0.1, 0.15) is 0 Å². The lowest BCUT2D eigenvalue weighted by atomic mass is 9.62. The van der Waals surface area contributed by atoms with Crippen molar-refractivity contribution in [1.29, 1.82) is 0 Å². The predicted octanol–water partition coefficient (Wildman–Crippen LogP) is 3.93. The fourth-order valence-corrected chi connectivity index (χ4v) is 3.90. The zero-order valence-corrected chi connectivity index (χ0v) is 12.0. The third kappa shape index (κ3) is 2.16. The van der Waals surface area contributed by atoms with Gasteiger partial charge in [-0.1, -0.05) is 20.8 Å². The van der Waals surface area contributed by atoms with E-state index in [1.165, 1.54) is 25.8 Å². The Balaban J connectivity index is 2.22. The summed E-state index contributed by atoms with van der Waals surface area (Å²) < 4.78 is 0. The van der Waals surface area contributed by atoms with Crippen molar-refractivity contribution < 1.29 is 0 Å². The molecule has 3 fully saturated rings. The van der Waals surface area contributed by atoms with Gasteiger partial charge in [-0.05, 0) is 57.3 Å². The van der Waals surface area contributed by atoms with Crippen LogP contribution >= 0.6 is 0 Å². The van der Waals surface area contributed by atoms with E-state index in [9.17, 15) is 0 Å². The van der Waals surface area contributed by atoms with Crippen molar-refractivity contribution in [3.05, 3.63) is 0 Å². The van der Waals surface area contributed by atoms with Crippen LogP contribution in [0.4, 0.5) is 0 Å². The predicted molar refractivity (Wildman–Crippen MR) is 70.5 cm³/mol. The van der Waals surface area contributed by atoms with Crippen molar-refractivity contribution in [3.8, 4) is 0 Å². The molecule has 0 N–H and O–H groups in total. The molecule has 2 saturated heterocycles. The highest BCUT2D eigenvalue weighted by atomic mass is 15.2. The molecule has 0 aromatic heterocycles. The van der Waals surface area contributed by atoms with E-state index in [0.29, 0.717) is 11.0 Å². The molecule has 2 aliphatic heterocycles. The number of nitrogens with zero attached hydrogens (tertiary/aromatic N) is 1. The zero-order chi connectivity index (χ0) is 12.1. The van der Waals surface area contributed by atoms with Gasteiger partial charge in [-0.3, -0.25) is 4.90 Å². The molecule has 1 nitrogen and oxygen atoms in total. The van der Waals surface area contributed by atoms with Crippen LogP contribution < -0.4 is 0 Å². The van der Waals surface area contributed by atoms with Gasteiger partial charge >= 0.3 is 0 Å². The van der Waals surface area contributed by atoms with Gasteiger partial charge in [-0.2, -0.15) is 0 Å². The quantitative estimate of drug-likeness (QED) is 0.601. The first-order valence-electron chi connectivity index (χ1n) is 6.96. The molecule has 0 radical (unpaired) electrons. The Morgan fingerprint density at radius 2 is 1.56 bits per heavy atom. The van der Waals surface area contributed by atoms with E-state index < -0.39 is 0 Å². The van der Waals surface area contributed by atoms with Crippen molar-refractivity contribution in [1.82, 2.24) is 4.90 Å². The maximum absolute atomic E-state index is 2.79. The van der Waals surface area contributed by atoms with Crippen LogP contribution in [0.2, 0.25) is 0 Å². The van der Waals surface area contributed by atoms with Gasteiger partial charge in [-0.15, -0.1) is 0 Å². The van der Waals surface area contributed by atoms with Crippen molar-refractivity contribution >= 4 is 0 Å². The van der Waals surface area contributed by atoms with E-state index in [0.717, 1.165) is 17.9 Å². The molecule has 1 saturated carbocycles. The van der Waals surface area contributed by atoms with Gasteiger partial charge in [-0.25, -0.2) is 0 Å². The van der Waals surface area contributed by atoms with Gasteiger partial charge < -0.3 is 0 Å². The summed E-state index contributed by atoms with van der Waals surface area (Å²) in [6, 6.07) is 0.838. The minimum absolute atomic E-state index is 0.354. The third-order valence-electron chi connectivity index (χ3n) is 4.75. The zero-order valence-electron chi connectivity index (χ0n) is 12.0. The molecule has 3 aliphatic rings. The lowest BCUT2D eigenvalue weighted by Crippen LogP contribution is -2.61. The van der Waals surface area contributed by atoms with E-state index in [1.54, 1.807) is 0 Å². The van der Waals surface area contributed by atoms with Gasteiger partial charge in [0.2, 0.25) is 0 Å². The second-order valence-corrected chi connectivity index (χ2v) is 8.04. The van der Waals surface area contributed by atoms with Gasteiger partial charge in [0.25, 0.3) is 0 Å². The summed E-state index contributed by atoms with van der Waals surface area (Å²) in [6.45, 7) is 15.8. The summed E-state index contributed by atoms with van der Waals surface area (Å²) >= 11 is 0. The molecule has 3 atom stereocenters. The lowest BCUT2D eigenvalue weighted by molar-refractivity contribution is -0.0833. The smallest absolute Gasteiger partial charge is 0.0134 e. The first kappa shape index (κ1) is 12.4. The van der Waals surface area contributed by atoms with E-state index in [4.69, 9.17) is 0 Å². The Kier molecular flexibility index (Phi) is 2.89. The molecule has 0 aromatic rings. The highest BCUT2D eigenvalue weighted by Gasteiger charge is 2.47. The first-order valence-corrected chi connectivity index (χ1v) is 6.96. The molecule has 2 heterocycles. The summed E-state index contributed by atoms with van der Waals surface area (Å²) in [4.78, 5) is 2.79. The Bertz CT molecular complexity index is 232. The number of fused-ring (bicyclic) bond motifs is 3. The summed E-state index contributed by atoms with van der Waals surface area (Å²) in [5.74, 6) is 1.87. The second kappa shape index (κ2) is 3.73. The van der Waals surface area contributed by atoms with Crippen LogP contribution in [0.25, 0.3) is 0 Å². The second-order valence-electron chi connectivity index (χ2n) is 8.04. The topological polar surface area (TPSA) is 3.24 Å². The molecular weight excluding hydrogens is 194 g/mol. The van der Waals surface area contributed by atoms with Crippen molar-refractivity contribution in [2.45, 2.75) is 72.4 Å². The number of rotatable bonds is 0. The van der Waals surface area contributed by atoms with Crippen LogP contribution in [0.3, 0.4) is 0 Å². The van der Waals surface area contributed by atoms with E-state index in [-0.39, 0.29) is 0 Å². The largest absolute Gasteiger partial charge is 0.295 e. The Morgan fingerprint density at radius 1 is 0.938 bits per heavy atom. The average molecular weight is 223 g/mol. The molecule has 16 heavy (non-hydrogen) atoms. The number of hydrogen-bond donors (Lipinski definition) is 0. The van der Waals surface area contributed by atoms with E-state index in [2.05, 4.69) is 46.4 Å². The Hall–Kier alpha value is -0.0400. The van der Waals surface area contributed by atoms with Gasteiger partial charge in [0.15, 0.2) is 0 Å². The Labute approximate surface area is 102 Å². The normalized spacial score (nSPS) is 36.8. The summed E-state index contributed by atoms with van der Waals surface area (Å²) in [5.41, 5.74) is 0.834. The van der Waals surface area contributed by atoms with E-state index in [1.807, 2.05) is 0 Å². The van der Waals surface area contributed by atoms with Crippen LogP contribution in [0.1, 0.15) is 60.8 Å². The van der Waals surface area contributed by atoms with Gasteiger partial charge in [0.05, 0.1) is 0 Å². The fraction of sp³-hybridized carbons (Fsp3) is 1.00. The monoisotopic (exact) mass is 223 g/mol. The molecule has 3 rings (SSSR count). The molecule has 1 heteroatoms. The maximum Gasteiger partial charge on any atom is 0.0134 e. The van der Waals surface area contributed by atoms with Crippen LogP contribution in [0.15, 0.2) is 0 Å². The summed E-state index contributed by atoms with van der Waals surface area (Å²) in [5, 5.41) is 0. The molecular formula is C15H29N. The third-order valence-corrected chi connectivity index (χ3v) is 4.75. The maximum atomic E-state index is 2.79. The standard InChI is InChI=1S/C15H29N/c1-14(2,3)12-9-11-7-8-13(12)16(10-11)15(4,5)6/h11-13H,7-10H2,1-6H3. The SMILES string of the molecule is CC(C)(C)C1CC2CCC1N(C(C)(C)C)C2. The molecule has 2 bridgehead atoms. The highest BCUT2D eigenvalue weighted by molar-refractivity contribution is 5.01. The van der Waals surface area contributed by atoms with Crippen LogP contribution in [-0.2, 0) is 0 Å². The molecule has 1 aliphatic carbocycles. The van der Waals surface area contributed by atoms with Crippen molar-refractivity contribution in [2.24, 2.45) is 17.3 Å². The lowest BCUT2D eigenvalue weighted by Gasteiger charge is -2.58. The minimum Gasteiger partial charge on any atom is -0.295 e. The van der Waals surface area contributed by atoms with Crippen LogP contribution in [0, 0.1) is 17.3 Å². The summed E-state index contributed by atoms with van der Waals surface area (Å²) in [7, 11) is 0. The molecule has 94 valence electrons. The minimum atomic E-state index is 0.354. The first-order chi connectivity index (χ1) is 7.19. The van der Waals surface area contributed by atoms with Crippen molar-refractivity contribution in [2.75, 3.05) is 6.54 Å². The molecule has 0 spiro atoms. The molecule has 0 amide bonds. The molecule has 0 aromatic carbocycles. The average Bonchev–Trinajstić information content (AvgIpc) is 2.15.